The molecule has 3 rings (SSSR count). The highest BCUT2D eigenvalue weighted by atomic mass is 35.5. The second-order valence-corrected chi connectivity index (χ2v) is 6.55. The van der Waals surface area contributed by atoms with Crippen molar-refractivity contribution in [2.75, 3.05) is 50.1 Å². The minimum Gasteiger partial charge on any atom is -0.495 e. The third kappa shape index (κ3) is 4.67. The molecule has 7 nitrogen and oxygen atoms in total. The molecule has 0 radical (unpaired) electrons. The van der Waals surface area contributed by atoms with E-state index in [0.717, 1.165) is 13.1 Å². The number of ether oxygens (including phenoxy) is 1. The molecule has 1 saturated heterocycles. The first kappa shape index (κ1) is 19.0. The number of piperazine rings is 1. The van der Waals surface area contributed by atoms with Crippen molar-refractivity contribution in [1.29, 1.82) is 5.26 Å². The number of anilines is 2. The van der Waals surface area contributed by atoms with Crippen molar-refractivity contribution in [3.05, 3.63) is 47.1 Å². The van der Waals surface area contributed by atoms with Crippen LogP contribution in [0.25, 0.3) is 0 Å². The van der Waals surface area contributed by atoms with Gasteiger partial charge in [0.25, 0.3) is 0 Å². The molecule has 0 aliphatic carbocycles. The zero-order chi connectivity index (χ0) is 19.2. The van der Waals surface area contributed by atoms with Gasteiger partial charge in [0.1, 0.15) is 17.6 Å². The van der Waals surface area contributed by atoms with Gasteiger partial charge in [-0.25, -0.2) is 4.98 Å². The molecule has 1 N–H and O–H groups in total. The first-order chi connectivity index (χ1) is 13.1. The largest absolute Gasteiger partial charge is 0.495 e. The maximum absolute atomic E-state index is 12.3. The van der Waals surface area contributed by atoms with E-state index in [1.54, 1.807) is 43.6 Å². The van der Waals surface area contributed by atoms with Gasteiger partial charge < -0.3 is 15.0 Å². The Balaban J connectivity index is 1.52. The van der Waals surface area contributed by atoms with Crippen molar-refractivity contribution in [2.24, 2.45) is 0 Å². The Hall–Kier alpha value is -2.82. The van der Waals surface area contributed by atoms with E-state index in [4.69, 9.17) is 16.3 Å². The molecule has 1 aliphatic heterocycles. The van der Waals surface area contributed by atoms with Crippen LogP contribution < -0.4 is 15.0 Å². The van der Waals surface area contributed by atoms with E-state index < -0.39 is 0 Å². The summed E-state index contributed by atoms with van der Waals surface area (Å²) in [6, 6.07) is 10.8. The van der Waals surface area contributed by atoms with Gasteiger partial charge in [0.05, 0.1) is 24.2 Å². The molecule has 2 heterocycles. The molecular formula is C19H20ClN5O2. The number of pyridine rings is 1. The molecule has 1 aromatic heterocycles. The molecule has 0 atom stereocenters. The quantitative estimate of drug-likeness (QED) is 0.851. The first-order valence-electron chi connectivity index (χ1n) is 8.56. The lowest BCUT2D eigenvalue weighted by atomic mass is 10.2. The van der Waals surface area contributed by atoms with Gasteiger partial charge in [0.2, 0.25) is 5.91 Å². The lowest BCUT2D eigenvalue weighted by molar-refractivity contribution is -0.117. The van der Waals surface area contributed by atoms with E-state index in [2.05, 4.69) is 26.2 Å². The number of nitriles is 1. The molecule has 2 aromatic rings. The number of aromatic nitrogens is 1. The molecule has 8 heteroatoms. The van der Waals surface area contributed by atoms with Crippen LogP contribution in [0.1, 0.15) is 5.56 Å². The minimum atomic E-state index is -0.0970. The van der Waals surface area contributed by atoms with Crippen LogP contribution in [0.2, 0.25) is 5.02 Å². The summed E-state index contributed by atoms with van der Waals surface area (Å²) in [4.78, 5) is 20.8. The van der Waals surface area contributed by atoms with E-state index in [1.165, 1.54) is 0 Å². The number of hydrogen-bond donors (Lipinski definition) is 1. The summed E-state index contributed by atoms with van der Waals surface area (Å²) in [5.74, 6) is 1.18. The van der Waals surface area contributed by atoms with Gasteiger partial charge in [0.15, 0.2) is 0 Å². The van der Waals surface area contributed by atoms with Gasteiger partial charge in [-0.1, -0.05) is 11.6 Å². The fourth-order valence-corrected chi connectivity index (χ4v) is 3.26. The standard InChI is InChI=1S/C19H20ClN5O2/c1-27-17-5-4-15(11-16(17)20)23-18(26)13-24-7-9-25(10-8-24)19-14(12-21)3-2-6-22-19/h2-6,11H,7-10,13H2,1H3,(H,23,26). The number of amides is 1. The van der Waals surface area contributed by atoms with Crippen molar-refractivity contribution in [2.45, 2.75) is 0 Å². The molecule has 27 heavy (non-hydrogen) atoms. The third-order valence-corrected chi connectivity index (χ3v) is 4.68. The number of nitrogens with zero attached hydrogens (tertiary/aromatic N) is 4. The van der Waals surface area contributed by atoms with Gasteiger partial charge in [-0.2, -0.15) is 5.26 Å². The first-order valence-corrected chi connectivity index (χ1v) is 8.94. The zero-order valence-electron chi connectivity index (χ0n) is 15.0. The van der Waals surface area contributed by atoms with Crippen molar-refractivity contribution in [1.82, 2.24) is 9.88 Å². The smallest absolute Gasteiger partial charge is 0.238 e. The summed E-state index contributed by atoms with van der Waals surface area (Å²) in [5, 5.41) is 12.5. The number of hydrogen-bond acceptors (Lipinski definition) is 6. The van der Waals surface area contributed by atoms with E-state index in [1.807, 2.05) is 0 Å². The molecule has 1 aromatic carbocycles. The number of carbonyl (C=O) groups excluding carboxylic acids is 1. The Morgan fingerprint density at radius 3 is 2.78 bits per heavy atom. The van der Waals surface area contributed by atoms with E-state index in [-0.39, 0.29) is 5.91 Å². The van der Waals surface area contributed by atoms with Gasteiger partial charge >= 0.3 is 0 Å². The molecule has 1 aliphatic rings. The highest BCUT2D eigenvalue weighted by Crippen LogP contribution is 2.27. The maximum atomic E-state index is 12.3. The summed E-state index contributed by atoms with van der Waals surface area (Å²) in [7, 11) is 1.55. The lowest BCUT2D eigenvalue weighted by Gasteiger charge is -2.35. The molecule has 0 unspecified atom stereocenters. The number of methoxy groups -OCH3 is 1. The van der Waals surface area contributed by atoms with Gasteiger partial charge in [-0.05, 0) is 30.3 Å². The van der Waals surface area contributed by atoms with Crippen LogP contribution in [0.3, 0.4) is 0 Å². The monoisotopic (exact) mass is 385 g/mol. The Labute approximate surface area is 163 Å². The van der Waals surface area contributed by atoms with E-state index in [9.17, 15) is 10.1 Å². The normalized spacial score (nSPS) is 14.5. The highest BCUT2D eigenvalue weighted by molar-refractivity contribution is 6.32. The van der Waals surface area contributed by atoms with E-state index >= 15 is 0 Å². The topological polar surface area (TPSA) is 81.5 Å². The van der Waals surface area contributed by atoms with Crippen LogP contribution in [-0.4, -0.2) is 55.6 Å². The molecule has 1 amide bonds. The predicted molar refractivity (Wildman–Crippen MR) is 104 cm³/mol. The van der Waals surface area contributed by atoms with Crippen molar-refractivity contribution in [3.63, 3.8) is 0 Å². The van der Waals surface area contributed by atoms with E-state index in [0.29, 0.717) is 47.5 Å². The van der Waals surface area contributed by atoms with Gasteiger partial charge in [-0.15, -0.1) is 0 Å². The predicted octanol–water partition coefficient (Wildman–Crippen LogP) is 2.38. The number of carbonyl (C=O) groups is 1. The molecular weight excluding hydrogens is 366 g/mol. The van der Waals surface area contributed by atoms with Crippen LogP contribution in [0.4, 0.5) is 11.5 Å². The second kappa shape index (κ2) is 8.71. The summed E-state index contributed by atoms with van der Waals surface area (Å²) >= 11 is 6.08. The zero-order valence-corrected chi connectivity index (χ0v) is 15.7. The van der Waals surface area contributed by atoms with Crippen LogP contribution in [-0.2, 0) is 4.79 Å². The number of halogens is 1. The Bertz CT molecular complexity index is 859. The summed E-state index contributed by atoms with van der Waals surface area (Å²) < 4.78 is 5.11. The van der Waals surface area contributed by atoms with Crippen LogP contribution >= 0.6 is 11.6 Å². The molecule has 0 bridgehead atoms. The van der Waals surface area contributed by atoms with Crippen LogP contribution in [0.5, 0.6) is 5.75 Å². The minimum absolute atomic E-state index is 0.0970. The summed E-state index contributed by atoms with van der Waals surface area (Å²) in [6.07, 6.45) is 1.69. The summed E-state index contributed by atoms with van der Waals surface area (Å²) in [5.41, 5.74) is 1.21. The fraction of sp³-hybridized carbons (Fsp3) is 0.316. The lowest BCUT2D eigenvalue weighted by Crippen LogP contribution is -2.49. The molecule has 0 spiro atoms. The highest BCUT2D eigenvalue weighted by Gasteiger charge is 2.21. The van der Waals surface area contributed by atoms with Gasteiger partial charge in [0, 0.05) is 38.1 Å². The third-order valence-electron chi connectivity index (χ3n) is 4.38. The number of benzene rings is 1. The molecule has 1 fully saturated rings. The average Bonchev–Trinajstić information content (AvgIpc) is 2.68. The Morgan fingerprint density at radius 2 is 2.11 bits per heavy atom. The molecule has 140 valence electrons. The number of rotatable bonds is 5. The van der Waals surface area contributed by atoms with Crippen molar-refractivity contribution in [3.8, 4) is 11.8 Å². The van der Waals surface area contributed by atoms with Crippen molar-refractivity contribution >= 4 is 29.0 Å². The fourth-order valence-electron chi connectivity index (χ4n) is 3.00. The summed E-state index contributed by atoms with van der Waals surface area (Å²) in [6.45, 7) is 3.17. The molecule has 0 saturated carbocycles. The van der Waals surface area contributed by atoms with Crippen molar-refractivity contribution < 1.29 is 9.53 Å². The Kier molecular flexibility index (Phi) is 6.12. The maximum Gasteiger partial charge on any atom is 0.238 e. The van der Waals surface area contributed by atoms with Crippen LogP contribution in [0.15, 0.2) is 36.5 Å². The van der Waals surface area contributed by atoms with Gasteiger partial charge in [-0.3, -0.25) is 9.69 Å². The second-order valence-electron chi connectivity index (χ2n) is 6.15. The SMILES string of the molecule is COc1ccc(NC(=O)CN2CCN(c3ncccc3C#N)CC2)cc1Cl. The number of nitrogens with one attached hydrogen (secondary N) is 1. The van der Waals surface area contributed by atoms with Crippen LogP contribution in [0, 0.1) is 11.3 Å². The average molecular weight is 386 g/mol. The Morgan fingerprint density at radius 1 is 1.33 bits per heavy atom.